The molecule has 2 amide bonds. The summed E-state index contributed by atoms with van der Waals surface area (Å²) in [6.07, 6.45) is 7.74. The molecule has 9 heteroatoms. The summed E-state index contributed by atoms with van der Waals surface area (Å²) in [5, 5.41) is 9.91. The zero-order valence-electron chi connectivity index (χ0n) is 22.6. The van der Waals surface area contributed by atoms with Crippen LogP contribution < -0.4 is 9.47 Å². The maximum Gasteiger partial charge on any atom is 0.308 e. The monoisotopic (exact) mass is 517 g/mol. The molecule has 0 aromatic heterocycles. The molecule has 9 nitrogen and oxygen atoms in total. The number of carbonyl (C=O) groups is 3. The van der Waals surface area contributed by atoms with Gasteiger partial charge in [-0.15, -0.1) is 0 Å². The second kappa shape index (κ2) is 14.2. The topological polar surface area (TPSA) is 99.6 Å². The van der Waals surface area contributed by atoms with Crippen molar-refractivity contribution in [2.45, 2.75) is 70.8 Å². The number of amides is 2. The maximum atomic E-state index is 12.1. The van der Waals surface area contributed by atoms with E-state index in [4.69, 9.17) is 9.47 Å². The lowest BCUT2D eigenvalue weighted by atomic mass is 9.84. The number of aliphatic carboxylic acids is 1. The van der Waals surface area contributed by atoms with E-state index in [1.54, 1.807) is 0 Å². The van der Waals surface area contributed by atoms with Crippen LogP contribution >= 0.6 is 0 Å². The molecule has 3 heterocycles. The summed E-state index contributed by atoms with van der Waals surface area (Å²) < 4.78 is 10.8. The number of ether oxygens (including phenoxy) is 2. The highest BCUT2D eigenvalue weighted by Crippen LogP contribution is 2.42. The van der Waals surface area contributed by atoms with E-state index >= 15 is 0 Å². The van der Waals surface area contributed by atoms with E-state index in [-0.39, 0.29) is 24.7 Å². The van der Waals surface area contributed by atoms with Crippen LogP contribution in [-0.4, -0.2) is 90.7 Å². The van der Waals surface area contributed by atoms with Crippen LogP contribution in [0.15, 0.2) is 18.2 Å². The molecule has 2 saturated heterocycles. The molecule has 0 aliphatic carbocycles. The zero-order valence-corrected chi connectivity index (χ0v) is 22.6. The van der Waals surface area contributed by atoms with Crippen LogP contribution in [0.3, 0.4) is 0 Å². The van der Waals surface area contributed by atoms with Crippen LogP contribution in [0.4, 0.5) is 0 Å². The first kappa shape index (κ1) is 28.8. The summed E-state index contributed by atoms with van der Waals surface area (Å²) in [6.45, 7) is 8.45. The zero-order chi connectivity index (χ0) is 26.8. The third-order valence-corrected chi connectivity index (χ3v) is 7.62. The highest BCUT2D eigenvalue weighted by atomic mass is 16.7. The molecule has 2 fully saturated rings. The van der Waals surface area contributed by atoms with Crippen molar-refractivity contribution in [3.05, 3.63) is 23.8 Å². The van der Waals surface area contributed by atoms with Crippen LogP contribution in [0.2, 0.25) is 0 Å². The summed E-state index contributed by atoms with van der Waals surface area (Å²) in [7, 11) is 1.97. The number of hydrogen-bond donors (Lipinski definition) is 1. The largest absolute Gasteiger partial charge is 0.481 e. The predicted molar refractivity (Wildman–Crippen MR) is 141 cm³/mol. The Balaban J connectivity index is 0.000000295. The molecule has 0 spiro atoms. The van der Waals surface area contributed by atoms with Crippen molar-refractivity contribution in [3.63, 3.8) is 0 Å². The van der Waals surface area contributed by atoms with E-state index in [0.717, 1.165) is 63.7 Å². The average molecular weight is 518 g/mol. The molecule has 3 atom stereocenters. The number of fused-ring (bicyclic) bond motifs is 1. The highest BCUT2D eigenvalue weighted by Gasteiger charge is 2.45. The second-order valence-electron chi connectivity index (χ2n) is 10.2. The summed E-state index contributed by atoms with van der Waals surface area (Å²) in [4.78, 5) is 40.2. The standard InChI is InChI=1S/C19H24N2O5.C9H19NO/c1-20-10-13(12-4-5-15-16(9-12)26-11-25-15)18(19(23)24)14(20)6-8-21-7-2-3-17(21)22;1-3-5-7-10(9-11)8-6-4-2/h4-5,9,13-14,18H,2-3,6-8,10-11H2,1H3,(H,23,24);9H,3-8H2,1-2H3. The number of nitrogens with zero attached hydrogens (tertiary/aromatic N) is 3. The minimum Gasteiger partial charge on any atom is -0.481 e. The van der Waals surface area contributed by atoms with Gasteiger partial charge in [0.2, 0.25) is 19.1 Å². The van der Waals surface area contributed by atoms with Crippen LogP contribution in [0, 0.1) is 5.92 Å². The molecule has 206 valence electrons. The Hall–Kier alpha value is -2.81. The molecule has 0 radical (unpaired) electrons. The van der Waals surface area contributed by atoms with Gasteiger partial charge in [-0.1, -0.05) is 32.8 Å². The predicted octanol–water partition coefficient (Wildman–Crippen LogP) is 3.57. The number of benzene rings is 1. The minimum atomic E-state index is -0.783. The third-order valence-electron chi connectivity index (χ3n) is 7.62. The molecule has 1 aromatic rings. The first-order valence-corrected chi connectivity index (χ1v) is 13.7. The Morgan fingerprint density at radius 3 is 2.46 bits per heavy atom. The highest BCUT2D eigenvalue weighted by molar-refractivity contribution is 5.78. The molecule has 3 unspecified atom stereocenters. The van der Waals surface area contributed by atoms with Gasteiger partial charge in [0.25, 0.3) is 0 Å². The maximum absolute atomic E-state index is 12.1. The molecule has 4 rings (SSSR count). The molecule has 1 aromatic carbocycles. The van der Waals surface area contributed by atoms with Crippen molar-refractivity contribution in [2.24, 2.45) is 5.92 Å². The van der Waals surface area contributed by atoms with Crippen LogP contribution in [0.1, 0.15) is 70.3 Å². The number of carboxylic acid groups (broad SMARTS) is 1. The fourth-order valence-corrected chi connectivity index (χ4v) is 5.46. The van der Waals surface area contributed by atoms with Gasteiger partial charge >= 0.3 is 5.97 Å². The summed E-state index contributed by atoms with van der Waals surface area (Å²) >= 11 is 0. The second-order valence-corrected chi connectivity index (χ2v) is 10.2. The molecule has 0 bridgehead atoms. The number of rotatable bonds is 12. The van der Waals surface area contributed by atoms with Crippen LogP contribution in [0.5, 0.6) is 11.5 Å². The van der Waals surface area contributed by atoms with Crippen LogP contribution in [-0.2, 0) is 14.4 Å². The number of carboxylic acids is 1. The lowest BCUT2D eigenvalue weighted by Gasteiger charge is -2.26. The quantitative estimate of drug-likeness (QED) is 0.423. The Labute approximate surface area is 220 Å². The summed E-state index contributed by atoms with van der Waals surface area (Å²) in [5.41, 5.74) is 0.966. The molecule has 0 saturated carbocycles. The van der Waals surface area contributed by atoms with Crippen molar-refractivity contribution in [1.82, 2.24) is 14.7 Å². The van der Waals surface area contributed by atoms with Gasteiger partial charge in [0, 0.05) is 51.1 Å². The van der Waals surface area contributed by atoms with Gasteiger partial charge in [0.15, 0.2) is 11.5 Å². The fourth-order valence-electron chi connectivity index (χ4n) is 5.46. The van der Waals surface area contributed by atoms with Crippen molar-refractivity contribution in [1.29, 1.82) is 0 Å². The number of carbonyl (C=O) groups excluding carboxylic acids is 2. The van der Waals surface area contributed by atoms with Gasteiger partial charge in [0.05, 0.1) is 5.92 Å². The minimum absolute atomic E-state index is 0.0867. The molecule has 37 heavy (non-hydrogen) atoms. The molecular formula is C28H43N3O6. The average Bonchev–Trinajstić information content (AvgIpc) is 3.61. The van der Waals surface area contributed by atoms with Gasteiger partial charge in [-0.3, -0.25) is 14.4 Å². The Morgan fingerprint density at radius 1 is 1.16 bits per heavy atom. The summed E-state index contributed by atoms with van der Waals surface area (Å²) in [5.74, 6) is 0.181. The Morgan fingerprint density at radius 2 is 1.86 bits per heavy atom. The van der Waals surface area contributed by atoms with E-state index in [2.05, 4.69) is 18.7 Å². The van der Waals surface area contributed by atoms with E-state index < -0.39 is 11.9 Å². The molecular weight excluding hydrogens is 474 g/mol. The number of likely N-dealkylation sites (N-methyl/N-ethyl adjacent to an activating group) is 1. The van der Waals surface area contributed by atoms with E-state index in [9.17, 15) is 19.5 Å². The first-order chi connectivity index (χ1) is 17.9. The Kier molecular flexibility index (Phi) is 11.0. The smallest absolute Gasteiger partial charge is 0.308 e. The number of hydrogen-bond acceptors (Lipinski definition) is 6. The van der Waals surface area contributed by atoms with E-state index in [1.165, 1.54) is 0 Å². The van der Waals surface area contributed by atoms with Crippen molar-refractivity contribution < 1.29 is 29.0 Å². The third kappa shape index (κ3) is 7.60. The normalized spacial score (nSPS) is 22.6. The molecule has 1 N–H and O–H groups in total. The Bertz CT molecular complexity index is 902. The van der Waals surface area contributed by atoms with Crippen molar-refractivity contribution in [2.75, 3.05) is 46.6 Å². The SMILES string of the molecule is CCCCN(C=O)CCCC.CN1CC(c2ccc3c(c2)OCO3)C(C(=O)O)C1CCN1CCCC1=O. The molecule has 3 aliphatic heterocycles. The van der Waals surface area contributed by atoms with Crippen molar-refractivity contribution >= 4 is 18.3 Å². The van der Waals surface area contributed by atoms with Crippen LogP contribution in [0.25, 0.3) is 0 Å². The van der Waals surface area contributed by atoms with Gasteiger partial charge in [-0.25, -0.2) is 0 Å². The van der Waals surface area contributed by atoms with E-state index in [0.29, 0.717) is 37.4 Å². The van der Waals surface area contributed by atoms with Gasteiger partial charge in [-0.2, -0.15) is 0 Å². The van der Waals surface area contributed by atoms with E-state index in [1.807, 2.05) is 35.0 Å². The first-order valence-electron chi connectivity index (χ1n) is 13.7. The number of likely N-dealkylation sites (tertiary alicyclic amines) is 2. The lowest BCUT2D eigenvalue weighted by Crippen LogP contribution is -2.38. The fraction of sp³-hybridized carbons (Fsp3) is 0.679. The molecule has 3 aliphatic rings. The van der Waals surface area contributed by atoms with Gasteiger partial charge in [-0.05, 0) is 50.4 Å². The van der Waals surface area contributed by atoms with Gasteiger partial charge < -0.3 is 29.3 Å². The summed E-state index contributed by atoms with van der Waals surface area (Å²) in [6, 6.07) is 5.61. The van der Waals surface area contributed by atoms with Gasteiger partial charge in [0.1, 0.15) is 0 Å². The lowest BCUT2D eigenvalue weighted by molar-refractivity contribution is -0.143. The number of unbranched alkanes of at least 4 members (excludes halogenated alkanes) is 2. The van der Waals surface area contributed by atoms with Crippen molar-refractivity contribution in [3.8, 4) is 11.5 Å².